The lowest BCUT2D eigenvalue weighted by molar-refractivity contribution is 0.506. The van der Waals surface area contributed by atoms with Gasteiger partial charge in [0, 0.05) is 22.3 Å². The molecule has 0 aliphatic heterocycles. The normalized spacial score (nSPS) is 12.3. The van der Waals surface area contributed by atoms with Crippen LogP contribution in [0.15, 0.2) is 194 Å². The van der Waals surface area contributed by atoms with Crippen LogP contribution < -0.4 is 9.80 Å². The average molecular weight is 920 g/mol. The van der Waals surface area contributed by atoms with Crippen molar-refractivity contribution in [2.45, 2.75) is 91.4 Å². The Kier molecular flexibility index (Phi) is 11.9. The molecule has 0 aromatic heterocycles. The van der Waals surface area contributed by atoms with Gasteiger partial charge < -0.3 is 9.80 Å². The SMILES string of the molecule is CCC(C)(C)c1ccc(N(c2ccc(C(C)(C)C)cc2-c2ccc3c4ccccc4c4ccccc4c3c2)c2cccc(N(c3ccc(C(C)(C)CC)cc3)c3cccc4ccccc34)c2Cl)cc1. The zero-order valence-corrected chi connectivity index (χ0v) is 42.4. The maximum atomic E-state index is 8.12. The van der Waals surface area contributed by atoms with Crippen molar-refractivity contribution in [2.24, 2.45) is 0 Å². The molecule has 0 bridgehead atoms. The van der Waals surface area contributed by atoms with Gasteiger partial charge in [-0.3, -0.25) is 0 Å². The van der Waals surface area contributed by atoms with Crippen molar-refractivity contribution >= 4 is 88.8 Å². The number of hydrogen-bond acceptors (Lipinski definition) is 2. The molecule has 0 N–H and O–H groups in total. The molecule has 0 saturated heterocycles. The summed E-state index contributed by atoms with van der Waals surface area (Å²) in [6.07, 6.45) is 2.08. The molecule has 0 radical (unpaired) electrons. The van der Waals surface area contributed by atoms with Crippen molar-refractivity contribution in [2.75, 3.05) is 9.80 Å². The van der Waals surface area contributed by atoms with E-state index in [1.807, 2.05) is 0 Å². The summed E-state index contributed by atoms with van der Waals surface area (Å²) in [6.45, 7) is 20.7. The minimum Gasteiger partial charge on any atom is -0.308 e. The summed E-state index contributed by atoms with van der Waals surface area (Å²) in [4.78, 5) is 4.75. The number of halogens is 1. The fourth-order valence-electron chi connectivity index (χ4n) is 10.1. The van der Waals surface area contributed by atoms with E-state index < -0.39 is 0 Å². The average Bonchev–Trinajstić information content (AvgIpc) is 3.37. The Bertz CT molecular complexity index is 3480. The molecule has 0 amide bonds. The highest BCUT2D eigenvalue weighted by Gasteiger charge is 2.28. The Morgan fingerprint density at radius 2 is 0.783 bits per heavy atom. The van der Waals surface area contributed by atoms with E-state index in [1.54, 1.807) is 0 Å². The van der Waals surface area contributed by atoms with E-state index in [0.717, 1.165) is 63.5 Å². The Morgan fingerprint density at radius 1 is 0.362 bits per heavy atom. The van der Waals surface area contributed by atoms with Crippen LogP contribution in [0.1, 0.15) is 91.8 Å². The molecule has 0 fully saturated rings. The minimum absolute atomic E-state index is 0.0271. The number of anilines is 6. The Morgan fingerprint density at radius 3 is 1.30 bits per heavy atom. The lowest BCUT2D eigenvalue weighted by atomic mass is 9.82. The number of benzene rings is 10. The molecule has 0 heterocycles. The van der Waals surface area contributed by atoms with Gasteiger partial charge in [-0.2, -0.15) is 0 Å². The number of hydrogen-bond donors (Lipinski definition) is 0. The molecule has 344 valence electrons. The summed E-state index contributed by atoms with van der Waals surface area (Å²) < 4.78 is 0. The molecule has 0 atom stereocenters. The van der Waals surface area contributed by atoms with Gasteiger partial charge in [0.05, 0.1) is 27.8 Å². The first-order valence-electron chi connectivity index (χ1n) is 24.7. The Balaban J connectivity index is 1.24. The molecule has 10 rings (SSSR count). The molecule has 0 spiro atoms. The van der Waals surface area contributed by atoms with Crippen LogP contribution in [-0.2, 0) is 16.2 Å². The van der Waals surface area contributed by atoms with E-state index in [4.69, 9.17) is 11.6 Å². The standard InChI is InChI=1S/C66H63ClN2/c1-10-65(6,7)46-31-36-49(37-32-46)68(59-27-18-21-44-20-12-13-22-51(44)59)61-28-19-29-62(63(61)67)69(50-38-33-47(34-39-50)66(8,9)11-2)60-41-35-48(64(3,4)5)43-57(60)45-30-40-56-54-25-15-14-23-52(54)53-24-16-17-26-55(53)58(56)42-45/h12-43H,10-11H2,1-9H3. The van der Waals surface area contributed by atoms with Crippen molar-refractivity contribution in [3.63, 3.8) is 0 Å². The van der Waals surface area contributed by atoms with E-state index >= 15 is 0 Å². The summed E-state index contributed by atoms with van der Waals surface area (Å²) in [6, 6.07) is 71.8. The predicted molar refractivity (Wildman–Crippen MR) is 302 cm³/mol. The molecular formula is C66H63ClN2. The molecule has 0 unspecified atom stereocenters. The lowest BCUT2D eigenvalue weighted by Gasteiger charge is -2.33. The van der Waals surface area contributed by atoms with E-state index in [-0.39, 0.29) is 16.2 Å². The van der Waals surface area contributed by atoms with Gasteiger partial charge in [-0.15, -0.1) is 0 Å². The van der Waals surface area contributed by atoms with E-state index in [1.165, 1.54) is 54.4 Å². The van der Waals surface area contributed by atoms with Gasteiger partial charge in [-0.1, -0.05) is 207 Å². The summed E-state index contributed by atoms with van der Waals surface area (Å²) in [5, 5.41) is 10.5. The zero-order valence-electron chi connectivity index (χ0n) is 41.7. The van der Waals surface area contributed by atoms with Gasteiger partial charge in [0.15, 0.2) is 0 Å². The van der Waals surface area contributed by atoms with Gasteiger partial charge in [-0.05, 0) is 150 Å². The van der Waals surface area contributed by atoms with Crippen LogP contribution in [0.25, 0.3) is 54.2 Å². The van der Waals surface area contributed by atoms with Crippen LogP contribution in [-0.4, -0.2) is 0 Å². The topological polar surface area (TPSA) is 6.48 Å². The van der Waals surface area contributed by atoms with Crippen LogP contribution in [0.4, 0.5) is 34.1 Å². The number of fused-ring (bicyclic) bond motifs is 7. The monoisotopic (exact) mass is 918 g/mol. The summed E-state index contributed by atoms with van der Waals surface area (Å²) in [5.41, 5.74) is 12.2. The first-order valence-corrected chi connectivity index (χ1v) is 25.1. The quantitative estimate of drug-likeness (QED) is 0.119. The second kappa shape index (κ2) is 17.9. The molecule has 10 aromatic rings. The summed E-state index contributed by atoms with van der Waals surface area (Å²) in [5.74, 6) is 0. The van der Waals surface area contributed by atoms with E-state index in [0.29, 0.717) is 5.02 Å². The molecule has 0 aliphatic rings. The first kappa shape index (κ1) is 45.9. The van der Waals surface area contributed by atoms with Crippen LogP contribution in [0.3, 0.4) is 0 Å². The van der Waals surface area contributed by atoms with E-state index in [2.05, 4.69) is 266 Å². The minimum atomic E-state index is -0.0936. The fourth-order valence-corrected chi connectivity index (χ4v) is 10.4. The van der Waals surface area contributed by atoms with Crippen LogP contribution in [0.5, 0.6) is 0 Å². The van der Waals surface area contributed by atoms with Gasteiger partial charge in [0.25, 0.3) is 0 Å². The largest absolute Gasteiger partial charge is 0.308 e. The summed E-state index contributed by atoms with van der Waals surface area (Å²) >= 11 is 8.12. The maximum absolute atomic E-state index is 8.12. The molecule has 0 saturated carbocycles. The first-order chi connectivity index (χ1) is 33.2. The van der Waals surface area contributed by atoms with Crippen molar-refractivity contribution in [1.29, 1.82) is 0 Å². The van der Waals surface area contributed by atoms with Gasteiger partial charge >= 0.3 is 0 Å². The third-order valence-corrected chi connectivity index (χ3v) is 15.6. The zero-order chi connectivity index (χ0) is 48.2. The van der Waals surface area contributed by atoms with Gasteiger partial charge in [-0.25, -0.2) is 0 Å². The second-order valence-corrected chi connectivity index (χ2v) is 21.6. The fraction of sp³-hybridized carbons (Fsp3) is 0.212. The maximum Gasteiger partial charge on any atom is 0.0887 e. The van der Waals surface area contributed by atoms with E-state index in [9.17, 15) is 0 Å². The van der Waals surface area contributed by atoms with Crippen LogP contribution in [0.2, 0.25) is 5.02 Å². The van der Waals surface area contributed by atoms with Crippen molar-refractivity contribution in [1.82, 2.24) is 0 Å². The van der Waals surface area contributed by atoms with Crippen molar-refractivity contribution in [3.05, 3.63) is 216 Å². The molecule has 3 heteroatoms. The van der Waals surface area contributed by atoms with Crippen molar-refractivity contribution in [3.8, 4) is 11.1 Å². The van der Waals surface area contributed by atoms with Gasteiger partial charge in [0.1, 0.15) is 0 Å². The third kappa shape index (κ3) is 8.34. The summed E-state index contributed by atoms with van der Waals surface area (Å²) in [7, 11) is 0. The van der Waals surface area contributed by atoms with Gasteiger partial charge in [0.2, 0.25) is 0 Å². The lowest BCUT2D eigenvalue weighted by Crippen LogP contribution is -2.18. The highest BCUT2D eigenvalue weighted by atomic mass is 35.5. The smallest absolute Gasteiger partial charge is 0.0887 e. The van der Waals surface area contributed by atoms with Crippen LogP contribution in [0, 0.1) is 0 Å². The van der Waals surface area contributed by atoms with Crippen LogP contribution >= 0.6 is 11.6 Å². The second-order valence-electron chi connectivity index (χ2n) is 21.2. The molecule has 69 heavy (non-hydrogen) atoms. The molecule has 2 nitrogen and oxygen atoms in total. The Hall–Kier alpha value is -6.87. The highest BCUT2D eigenvalue weighted by molar-refractivity contribution is 6.37. The molecular weight excluding hydrogens is 856 g/mol. The van der Waals surface area contributed by atoms with Crippen molar-refractivity contribution < 1.29 is 0 Å². The predicted octanol–water partition coefficient (Wildman–Crippen LogP) is 20.2. The number of rotatable bonds is 11. The number of nitrogens with zero attached hydrogens (tertiary/aromatic N) is 2. The highest BCUT2D eigenvalue weighted by Crippen LogP contribution is 2.51. The molecule has 10 aromatic carbocycles. The molecule has 0 aliphatic carbocycles. The third-order valence-electron chi connectivity index (χ3n) is 15.2. The Labute approximate surface area is 414 Å².